The van der Waals surface area contributed by atoms with Crippen molar-refractivity contribution in [1.82, 2.24) is 0 Å². The van der Waals surface area contributed by atoms with Crippen molar-refractivity contribution in [2.75, 3.05) is 13.2 Å². The summed E-state index contributed by atoms with van der Waals surface area (Å²) in [6, 6.07) is 11.1. The molecule has 0 amide bonds. The van der Waals surface area contributed by atoms with Gasteiger partial charge in [-0.1, -0.05) is 36.3 Å². The van der Waals surface area contributed by atoms with Crippen molar-refractivity contribution in [3.63, 3.8) is 0 Å². The van der Waals surface area contributed by atoms with Gasteiger partial charge in [0.25, 0.3) is 0 Å². The van der Waals surface area contributed by atoms with Crippen molar-refractivity contribution < 1.29 is 32.6 Å². The molecule has 8 heteroatoms. The Morgan fingerprint density at radius 1 is 1.14 bits per heavy atom. The molecule has 0 aliphatic carbocycles. The Hall–Kier alpha value is -3.03. The Labute approximate surface area is 160 Å². The molecular formula is C20H20F3NO4. The van der Waals surface area contributed by atoms with Gasteiger partial charge in [0.1, 0.15) is 24.7 Å². The molecule has 2 aromatic rings. The van der Waals surface area contributed by atoms with E-state index in [-0.39, 0.29) is 13.0 Å². The first-order valence-electron chi connectivity index (χ1n) is 8.59. The number of carbonyl (C=O) groups is 1. The second-order valence-electron chi connectivity index (χ2n) is 5.95. The summed E-state index contributed by atoms with van der Waals surface area (Å²) in [5.41, 5.74) is 0.573. The number of nitrogens with zero attached hydrogens (tertiary/aromatic N) is 1. The Balaban J connectivity index is 2.15. The molecule has 0 saturated heterocycles. The normalized spacial score (nSPS) is 11.9. The highest BCUT2D eigenvalue weighted by atomic mass is 19.4. The number of ether oxygens (including phenoxy) is 1. The lowest BCUT2D eigenvalue weighted by Crippen LogP contribution is -2.15. The van der Waals surface area contributed by atoms with Crippen LogP contribution in [0.15, 0.2) is 53.7 Å². The molecule has 0 fully saturated rings. The molecule has 0 bridgehead atoms. The van der Waals surface area contributed by atoms with Crippen LogP contribution in [0.5, 0.6) is 5.75 Å². The van der Waals surface area contributed by atoms with Crippen LogP contribution in [0.4, 0.5) is 13.2 Å². The van der Waals surface area contributed by atoms with Crippen LogP contribution in [-0.4, -0.2) is 30.0 Å². The summed E-state index contributed by atoms with van der Waals surface area (Å²) in [4.78, 5) is 16.0. The minimum atomic E-state index is -4.42. The number of benzene rings is 2. The second kappa shape index (κ2) is 9.77. The molecule has 0 heterocycles. The molecule has 2 rings (SSSR count). The zero-order chi connectivity index (χ0) is 20.6. The molecule has 1 N–H and O–H groups in total. The van der Waals surface area contributed by atoms with Crippen molar-refractivity contribution >= 4 is 11.7 Å². The summed E-state index contributed by atoms with van der Waals surface area (Å²) in [5.74, 6) is -0.536. The van der Waals surface area contributed by atoms with Crippen LogP contribution in [0.25, 0.3) is 0 Å². The van der Waals surface area contributed by atoms with Gasteiger partial charge in [-0.2, -0.15) is 13.2 Å². The van der Waals surface area contributed by atoms with Crippen LogP contribution in [0.2, 0.25) is 0 Å². The fourth-order valence-corrected chi connectivity index (χ4v) is 2.30. The molecule has 0 atom stereocenters. The minimum absolute atomic E-state index is 0.0500. The zero-order valence-corrected chi connectivity index (χ0v) is 15.2. The van der Waals surface area contributed by atoms with Crippen LogP contribution < -0.4 is 4.74 Å². The fourth-order valence-electron chi connectivity index (χ4n) is 2.30. The quantitative estimate of drug-likeness (QED) is 0.384. The van der Waals surface area contributed by atoms with E-state index in [1.165, 1.54) is 12.1 Å². The SMILES string of the molecule is CCCO/N=C(\COc1cccc(CC(=O)O)c1)c1ccc(C(F)(F)F)cc1. The molecule has 5 nitrogen and oxygen atoms in total. The number of oxime groups is 1. The van der Waals surface area contributed by atoms with Gasteiger partial charge in [0, 0.05) is 5.56 Å². The third kappa shape index (κ3) is 6.61. The molecule has 28 heavy (non-hydrogen) atoms. The minimum Gasteiger partial charge on any atom is -0.487 e. The number of aliphatic carboxylic acids is 1. The second-order valence-corrected chi connectivity index (χ2v) is 5.95. The maximum absolute atomic E-state index is 12.7. The number of rotatable bonds is 9. The van der Waals surface area contributed by atoms with Gasteiger partial charge < -0.3 is 14.7 Å². The third-order valence-corrected chi connectivity index (χ3v) is 3.64. The van der Waals surface area contributed by atoms with E-state index in [1.54, 1.807) is 24.3 Å². The highest BCUT2D eigenvalue weighted by Crippen LogP contribution is 2.29. The van der Waals surface area contributed by atoms with E-state index in [1.807, 2.05) is 6.92 Å². The fraction of sp³-hybridized carbons (Fsp3) is 0.300. The number of hydrogen-bond acceptors (Lipinski definition) is 4. The molecule has 0 saturated carbocycles. The number of carboxylic acids is 1. The van der Waals surface area contributed by atoms with E-state index < -0.39 is 17.7 Å². The third-order valence-electron chi connectivity index (χ3n) is 3.64. The molecule has 0 aliphatic rings. The molecule has 0 aliphatic heterocycles. The molecular weight excluding hydrogens is 375 g/mol. The lowest BCUT2D eigenvalue weighted by atomic mass is 10.1. The predicted octanol–water partition coefficient (Wildman–Crippen LogP) is 4.54. The van der Waals surface area contributed by atoms with E-state index >= 15 is 0 Å². The largest absolute Gasteiger partial charge is 0.487 e. The molecule has 0 unspecified atom stereocenters. The van der Waals surface area contributed by atoms with Gasteiger partial charge in [-0.3, -0.25) is 4.79 Å². The summed E-state index contributed by atoms with van der Waals surface area (Å²) in [6.07, 6.45) is -3.84. The summed E-state index contributed by atoms with van der Waals surface area (Å²) in [7, 11) is 0. The predicted molar refractivity (Wildman–Crippen MR) is 97.5 cm³/mol. The first kappa shape index (κ1) is 21.3. The summed E-state index contributed by atoms with van der Waals surface area (Å²) < 4.78 is 43.9. The number of hydrogen-bond donors (Lipinski definition) is 1. The van der Waals surface area contributed by atoms with Crippen LogP contribution in [0.1, 0.15) is 30.0 Å². The maximum atomic E-state index is 12.7. The number of carboxylic acid groups (broad SMARTS) is 1. The van der Waals surface area contributed by atoms with E-state index in [2.05, 4.69) is 5.16 Å². The highest BCUT2D eigenvalue weighted by Gasteiger charge is 2.30. The van der Waals surface area contributed by atoms with E-state index in [0.29, 0.717) is 29.2 Å². The zero-order valence-electron chi connectivity index (χ0n) is 15.2. The maximum Gasteiger partial charge on any atom is 0.416 e. The number of alkyl halides is 3. The van der Waals surface area contributed by atoms with Crippen LogP contribution >= 0.6 is 0 Å². The van der Waals surface area contributed by atoms with Gasteiger partial charge >= 0.3 is 12.1 Å². The lowest BCUT2D eigenvalue weighted by molar-refractivity contribution is -0.138. The molecule has 2 aromatic carbocycles. The first-order chi connectivity index (χ1) is 13.3. The van der Waals surface area contributed by atoms with E-state index in [0.717, 1.165) is 18.6 Å². The summed E-state index contributed by atoms with van der Waals surface area (Å²) in [6.45, 7) is 2.21. The molecule has 150 valence electrons. The standard InChI is InChI=1S/C20H20F3NO4/c1-2-10-28-24-18(15-6-8-16(9-7-15)20(21,22)23)13-27-17-5-3-4-14(11-17)12-19(25)26/h3-9,11H,2,10,12-13H2,1H3,(H,25,26)/b24-18+. The Bertz CT molecular complexity index is 817. The van der Waals surface area contributed by atoms with Gasteiger partial charge in [-0.15, -0.1) is 0 Å². The number of halogens is 3. The van der Waals surface area contributed by atoms with Crippen molar-refractivity contribution in [2.45, 2.75) is 25.9 Å². The average molecular weight is 395 g/mol. The smallest absolute Gasteiger partial charge is 0.416 e. The van der Waals surface area contributed by atoms with Gasteiger partial charge in [0.2, 0.25) is 0 Å². The van der Waals surface area contributed by atoms with Crippen LogP contribution in [0, 0.1) is 0 Å². The molecule has 0 radical (unpaired) electrons. The highest BCUT2D eigenvalue weighted by molar-refractivity contribution is 6.01. The monoisotopic (exact) mass is 395 g/mol. The van der Waals surface area contributed by atoms with Gasteiger partial charge in [-0.05, 0) is 36.2 Å². The van der Waals surface area contributed by atoms with E-state index in [4.69, 9.17) is 14.7 Å². The topological polar surface area (TPSA) is 68.1 Å². The average Bonchev–Trinajstić information content (AvgIpc) is 2.64. The molecule has 0 aromatic heterocycles. The van der Waals surface area contributed by atoms with E-state index in [9.17, 15) is 18.0 Å². The Kier molecular flexibility index (Phi) is 7.43. The van der Waals surface area contributed by atoms with Crippen LogP contribution in [0.3, 0.4) is 0 Å². The van der Waals surface area contributed by atoms with Gasteiger partial charge in [0.05, 0.1) is 12.0 Å². The van der Waals surface area contributed by atoms with Gasteiger partial charge in [-0.25, -0.2) is 0 Å². The lowest BCUT2D eigenvalue weighted by Gasteiger charge is -2.12. The van der Waals surface area contributed by atoms with Crippen LogP contribution in [-0.2, 0) is 22.2 Å². The summed E-state index contributed by atoms with van der Waals surface area (Å²) in [5, 5.41) is 12.8. The van der Waals surface area contributed by atoms with Crippen molar-refractivity contribution in [3.8, 4) is 5.75 Å². The Morgan fingerprint density at radius 2 is 1.86 bits per heavy atom. The summed E-state index contributed by atoms with van der Waals surface area (Å²) >= 11 is 0. The van der Waals surface area contributed by atoms with Crippen molar-refractivity contribution in [3.05, 3.63) is 65.2 Å². The van der Waals surface area contributed by atoms with Crippen molar-refractivity contribution in [1.29, 1.82) is 0 Å². The molecule has 0 spiro atoms. The van der Waals surface area contributed by atoms with Gasteiger partial charge in [0.15, 0.2) is 0 Å². The Morgan fingerprint density at radius 3 is 2.46 bits per heavy atom. The van der Waals surface area contributed by atoms with Crippen molar-refractivity contribution in [2.24, 2.45) is 5.16 Å². The first-order valence-corrected chi connectivity index (χ1v) is 8.59.